The number of carbonyl (C=O) groups is 3. The molecule has 1 saturated heterocycles. The molecule has 1 unspecified atom stereocenters. The molecule has 0 saturated carbocycles. The van der Waals surface area contributed by atoms with Gasteiger partial charge >= 0.3 is 6.10 Å². The molecule has 2 aliphatic rings. The molecule has 0 bridgehead atoms. The number of nitrogens with one attached hydrogen (secondary N) is 3. The van der Waals surface area contributed by atoms with Crippen molar-refractivity contribution in [1.82, 2.24) is 40.3 Å². The number of hydrogen-bond acceptors (Lipinski definition) is 11. The van der Waals surface area contributed by atoms with Crippen LogP contribution >= 0.6 is 23.2 Å². The Labute approximate surface area is 264 Å². The van der Waals surface area contributed by atoms with Gasteiger partial charge in [0.25, 0.3) is 0 Å². The molecular weight excluding hydrogens is 631 g/mol. The van der Waals surface area contributed by atoms with E-state index in [0.717, 1.165) is 11.1 Å². The second kappa shape index (κ2) is 12.6. The first-order valence-corrected chi connectivity index (χ1v) is 14.0. The number of anilines is 1. The smallest absolute Gasteiger partial charge is 0.389 e. The maximum Gasteiger partial charge on any atom is 0.389 e. The van der Waals surface area contributed by atoms with Gasteiger partial charge in [-0.05, 0) is 42.5 Å². The zero-order valence-electron chi connectivity index (χ0n) is 23.4. The maximum absolute atomic E-state index is 13.7. The Morgan fingerprint density at radius 3 is 2.58 bits per heavy atom. The Morgan fingerprint density at radius 1 is 1.13 bits per heavy atom. The van der Waals surface area contributed by atoms with Gasteiger partial charge in [-0.3, -0.25) is 19.3 Å². The van der Waals surface area contributed by atoms with Crippen LogP contribution in [0.2, 0.25) is 10.2 Å². The topological polar surface area (TPSA) is 215 Å². The van der Waals surface area contributed by atoms with E-state index >= 15 is 0 Å². The van der Waals surface area contributed by atoms with Gasteiger partial charge < -0.3 is 36.3 Å². The number of nitrogens with zero attached hydrogens (tertiary/aromatic N) is 7. The molecule has 45 heavy (non-hydrogen) atoms. The highest BCUT2D eigenvalue weighted by Gasteiger charge is 2.39. The lowest BCUT2D eigenvalue weighted by Gasteiger charge is -2.38. The van der Waals surface area contributed by atoms with Crippen molar-refractivity contribution >= 4 is 52.3 Å². The van der Waals surface area contributed by atoms with Crippen LogP contribution in [0.15, 0.2) is 72.4 Å². The summed E-state index contributed by atoms with van der Waals surface area (Å²) < 4.78 is 1.78. The van der Waals surface area contributed by atoms with E-state index in [-0.39, 0.29) is 33.7 Å². The molecule has 18 heteroatoms. The fourth-order valence-electron chi connectivity index (χ4n) is 4.73. The van der Waals surface area contributed by atoms with Gasteiger partial charge in [0.1, 0.15) is 19.1 Å². The average Bonchev–Trinajstić information content (AvgIpc) is 3.64. The number of halogens is 2. The van der Waals surface area contributed by atoms with E-state index in [1.807, 2.05) is 0 Å². The first-order chi connectivity index (χ1) is 21.3. The number of amides is 3. The highest BCUT2D eigenvalue weighted by molar-refractivity contribution is 6.31. The number of allylic oxidation sites excluding steroid dienone is 4. The molecule has 3 amide bonds. The third-order valence-electron chi connectivity index (χ3n) is 6.81. The minimum atomic E-state index is -3.30. The Balaban J connectivity index is 1.45. The summed E-state index contributed by atoms with van der Waals surface area (Å²) >= 11 is 12.2. The quantitative estimate of drug-likeness (QED) is 0.167. The summed E-state index contributed by atoms with van der Waals surface area (Å²) in [6, 6.07) is 4.66. The van der Waals surface area contributed by atoms with Gasteiger partial charge in [-0.1, -0.05) is 28.4 Å². The Hall–Kier alpha value is -4.87. The van der Waals surface area contributed by atoms with Crippen LogP contribution in [0.25, 0.3) is 5.69 Å². The summed E-state index contributed by atoms with van der Waals surface area (Å²) in [5.74, 6) is -1.82. The summed E-state index contributed by atoms with van der Waals surface area (Å²) in [5.41, 5.74) is 1.75. The number of piperazine rings is 1. The lowest BCUT2D eigenvalue weighted by molar-refractivity contribution is -0.381. The highest BCUT2D eigenvalue weighted by atomic mass is 35.5. The first-order valence-electron chi connectivity index (χ1n) is 13.2. The van der Waals surface area contributed by atoms with Gasteiger partial charge in [-0.2, -0.15) is 9.78 Å². The molecule has 3 aromatic rings. The van der Waals surface area contributed by atoms with Crippen LogP contribution in [-0.2, 0) is 26.9 Å². The number of aromatic nitrogens is 5. The Bertz CT molecular complexity index is 1770. The number of hydrogen-bond donors (Lipinski definition) is 6. The van der Waals surface area contributed by atoms with Gasteiger partial charge in [0.05, 0.1) is 29.0 Å². The number of rotatable bonds is 9. The SMILES string of the molecule is CN/C=C1/C=C(NC(=O)C(Cc2ccn(C(O)(O)O)n2)N2CC(=O)N(c3cc(Cl)ccc3-n3cc(Cl)nn3)CC2=O)C=CC1=N. The molecule has 0 spiro atoms. The standard InChI is InChI=1S/C27H26Cl2N10O6/c1-31-11-15-8-17(3-4-19(15)30)32-26(42)22(10-18-6-7-39(34-18)27(43,44)45)37-14-24(40)36(13-25(37)41)21-9-16(28)2-5-20(21)38-12-23(29)33-35-38/h2-9,11-12,22,30-31,43-45H,10,13-14H2,1H3,(H,32,42)/b15-11-,30-19?. The van der Waals surface area contributed by atoms with Gasteiger partial charge in [-0.25, -0.2) is 4.68 Å². The zero-order valence-corrected chi connectivity index (χ0v) is 24.9. The average molecular weight is 657 g/mol. The number of carbonyl (C=O) groups excluding carboxylic acids is 3. The van der Waals surface area contributed by atoms with E-state index in [2.05, 4.69) is 26.0 Å². The summed E-state index contributed by atoms with van der Waals surface area (Å²) in [7, 11) is 1.66. The number of aliphatic hydroxyl groups is 3. The Morgan fingerprint density at radius 2 is 1.91 bits per heavy atom. The van der Waals surface area contributed by atoms with E-state index in [1.54, 1.807) is 31.5 Å². The lowest BCUT2D eigenvalue weighted by atomic mass is 10.0. The molecule has 1 atom stereocenters. The molecule has 0 radical (unpaired) electrons. The van der Waals surface area contributed by atoms with Crippen LogP contribution in [0, 0.1) is 5.41 Å². The van der Waals surface area contributed by atoms with E-state index in [0.29, 0.717) is 21.6 Å². The monoisotopic (exact) mass is 656 g/mol. The van der Waals surface area contributed by atoms with Crippen LogP contribution in [-0.4, -0.2) is 94.6 Å². The molecular formula is C27H26Cl2N10O6. The third-order valence-corrected chi connectivity index (χ3v) is 7.22. The molecule has 234 valence electrons. The van der Waals surface area contributed by atoms with Gasteiger partial charge in [0.15, 0.2) is 5.15 Å². The van der Waals surface area contributed by atoms with Gasteiger partial charge in [0.2, 0.25) is 17.7 Å². The maximum atomic E-state index is 13.7. The summed E-state index contributed by atoms with van der Waals surface area (Å²) in [5, 5.41) is 54.0. The zero-order chi connectivity index (χ0) is 32.5. The molecule has 5 rings (SSSR count). The van der Waals surface area contributed by atoms with Crippen molar-refractivity contribution in [2.75, 3.05) is 25.0 Å². The van der Waals surface area contributed by atoms with Crippen LogP contribution in [0.1, 0.15) is 5.69 Å². The Kier molecular flexibility index (Phi) is 8.85. The van der Waals surface area contributed by atoms with E-state index < -0.39 is 42.9 Å². The van der Waals surface area contributed by atoms with Crippen molar-refractivity contribution in [2.45, 2.75) is 18.6 Å². The van der Waals surface area contributed by atoms with Crippen molar-refractivity contribution in [2.24, 2.45) is 0 Å². The second-order valence-electron chi connectivity index (χ2n) is 9.92. The van der Waals surface area contributed by atoms with Gasteiger partial charge in [0, 0.05) is 42.2 Å². The highest BCUT2D eigenvalue weighted by Crippen LogP contribution is 2.30. The minimum Gasteiger partial charge on any atom is -0.393 e. The van der Waals surface area contributed by atoms with E-state index in [9.17, 15) is 29.7 Å². The minimum absolute atomic E-state index is 0.102. The van der Waals surface area contributed by atoms with Gasteiger partial charge in [-0.15, -0.1) is 5.10 Å². The van der Waals surface area contributed by atoms with E-state index in [4.69, 9.17) is 28.6 Å². The molecule has 6 N–H and O–H groups in total. The van der Waals surface area contributed by atoms with Crippen molar-refractivity contribution < 1.29 is 29.7 Å². The van der Waals surface area contributed by atoms with Crippen LogP contribution < -0.4 is 15.5 Å². The van der Waals surface area contributed by atoms with Crippen molar-refractivity contribution in [3.8, 4) is 5.69 Å². The fourth-order valence-corrected chi connectivity index (χ4v) is 5.02. The van der Waals surface area contributed by atoms with Crippen molar-refractivity contribution in [3.05, 3.63) is 88.2 Å². The predicted octanol–water partition coefficient (Wildman–Crippen LogP) is -0.205. The molecule has 2 aromatic heterocycles. The second-order valence-corrected chi connectivity index (χ2v) is 10.7. The summed E-state index contributed by atoms with van der Waals surface area (Å²) in [6.45, 7) is -0.981. The van der Waals surface area contributed by atoms with Crippen LogP contribution in [0.4, 0.5) is 5.69 Å². The van der Waals surface area contributed by atoms with Crippen LogP contribution in [0.3, 0.4) is 0 Å². The molecule has 16 nitrogen and oxygen atoms in total. The molecule has 1 aliphatic carbocycles. The predicted molar refractivity (Wildman–Crippen MR) is 160 cm³/mol. The third kappa shape index (κ3) is 6.95. The van der Waals surface area contributed by atoms with Crippen LogP contribution in [0.5, 0.6) is 0 Å². The van der Waals surface area contributed by atoms with Crippen molar-refractivity contribution in [3.63, 3.8) is 0 Å². The lowest BCUT2D eigenvalue weighted by Crippen LogP contribution is -2.60. The molecule has 3 heterocycles. The number of benzene rings is 1. The molecule has 1 aromatic carbocycles. The molecule has 1 aliphatic heterocycles. The summed E-state index contributed by atoms with van der Waals surface area (Å²) in [4.78, 5) is 43.3. The fraction of sp³-hybridized carbons (Fsp3) is 0.222. The van der Waals surface area contributed by atoms with E-state index in [1.165, 1.54) is 40.1 Å². The normalized spacial score (nSPS) is 17.2. The summed E-state index contributed by atoms with van der Waals surface area (Å²) in [6.07, 6.45) is 5.06. The molecule has 1 fully saturated rings. The van der Waals surface area contributed by atoms with Crippen molar-refractivity contribution in [1.29, 1.82) is 5.41 Å². The first kappa shape index (κ1) is 31.6. The largest absolute Gasteiger partial charge is 0.393 e.